The summed E-state index contributed by atoms with van der Waals surface area (Å²) < 4.78 is 22.2. The summed E-state index contributed by atoms with van der Waals surface area (Å²) in [6, 6.07) is 6.20. The van der Waals surface area contributed by atoms with Gasteiger partial charge in [-0.1, -0.05) is 18.4 Å². The summed E-state index contributed by atoms with van der Waals surface area (Å²) >= 11 is 1.57. The van der Waals surface area contributed by atoms with E-state index in [1.165, 1.54) is 19.3 Å². The molecule has 3 rings (SSSR count). The third-order valence-electron chi connectivity index (χ3n) is 5.58. The summed E-state index contributed by atoms with van der Waals surface area (Å²) in [4.78, 5) is 0. The molecular weight excluding hydrogens is 333 g/mol. The molecule has 25 heavy (non-hydrogen) atoms. The van der Waals surface area contributed by atoms with Gasteiger partial charge in [0, 0.05) is 17.4 Å². The highest BCUT2D eigenvalue weighted by Gasteiger charge is 2.52. The van der Waals surface area contributed by atoms with Gasteiger partial charge < -0.3 is 18.8 Å². The van der Waals surface area contributed by atoms with Gasteiger partial charge in [0.2, 0.25) is 0 Å². The molecule has 1 saturated heterocycles. The van der Waals surface area contributed by atoms with E-state index in [9.17, 15) is 0 Å². The number of hydrogen-bond acceptors (Lipinski definition) is 5. The lowest BCUT2D eigenvalue weighted by atomic mass is 9.78. The van der Waals surface area contributed by atoms with Crippen molar-refractivity contribution in [2.24, 2.45) is 0 Å². The van der Waals surface area contributed by atoms with Crippen LogP contribution in [-0.2, 0) is 9.31 Å². The maximum absolute atomic E-state index is 6.37. The zero-order chi connectivity index (χ0) is 18.1. The molecule has 4 nitrogen and oxygen atoms in total. The van der Waals surface area contributed by atoms with E-state index in [1.54, 1.807) is 11.9 Å². The zero-order valence-electron chi connectivity index (χ0n) is 16.1. The van der Waals surface area contributed by atoms with Crippen LogP contribution in [0.2, 0.25) is 0 Å². The molecule has 1 aromatic carbocycles. The molecule has 0 radical (unpaired) electrons. The van der Waals surface area contributed by atoms with Crippen LogP contribution in [0.4, 0.5) is 5.69 Å². The first-order valence-electron chi connectivity index (χ1n) is 9.28. The Morgan fingerprint density at radius 3 is 2.32 bits per heavy atom. The van der Waals surface area contributed by atoms with Crippen LogP contribution in [0.1, 0.15) is 59.8 Å². The van der Waals surface area contributed by atoms with Gasteiger partial charge in [-0.05, 0) is 71.6 Å². The Morgan fingerprint density at radius 1 is 1.08 bits per heavy atom. The minimum atomic E-state index is -0.410. The molecule has 2 fully saturated rings. The molecule has 0 bridgehead atoms. The van der Waals surface area contributed by atoms with E-state index in [-0.39, 0.29) is 11.2 Å². The number of ether oxygens (including phenoxy) is 1. The summed E-state index contributed by atoms with van der Waals surface area (Å²) in [6.45, 7) is 8.33. The molecule has 0 amide bonds. The fraction of sp³-hybridized carbons (Fsp3) is 0.684. The standard InChI is InChI=1S/C19H30BNO3S/c1-18(2)19(3,4)24-20(23-18)16-13-14(21-25-5)11-12-17(16)22-15-9-7-6-8-10-15/h11-13,15,21H,6-10H2,1-5H3. The van der Waals surface area contributed by atoms with E-state index in [2.05, 4.69) is 44.5 Å². The van der Waals surface area contributed by atoms with E-state index in [0.717, 1.165) is 29.7 Å². The maximum Gasteiger partial charge on any atom is 0.498 e. The van der Waals surface area contributed by atoms with E-state index in [4.69, 9.17) is 14.0 Å². The fourth-order valence-corrected chi connectivity index (χ4v) is 3.72. The maximum atomic E-state index is 6.37. The number of nitrogens with one attached hydrogen (secondary N) is 1. The number of rotatable bonds is 5. The van der Waals surface area contributed by atoms with Crippen LogP contribution in [0, 0.1) is 0 Å². The number of hydrogen-bond donors (Lipinski definition) is 1. The van der Waals surface area contributed by atoms with Crippen molar-refractivity contribution in [3.05, 3.63) is 18.2 Å². The largest absolute Gasteiger partial charge is 0.498 e. The van der Waals surface area contributed by atoms with Gasteiger partial charge in [0.15, 0.2) is 0 Å². The van der Waals surface area contributed by atoms with Crippen molar-refractivity contribution >= 4 is 30.2 Å². The Hall–Kier alpha value is -0.845. The van der Waals surface area contributed by atoms with Crippen molar-refractivity contribution in [1.82, 2.24) is 0 Å². The average molecular weight is 363 g/mol. The summed E-state index contributed by atoms with van der Waals surface area (Å²) in [7, 11) is -0.410. The van der Waals surface area contributed by atoms with Gasteiger partial charge >= 0.3 is 7.12 Å². The average Bonchev–Trinajstić information content (AvgIpc) is 2.78. The Kier molecular flexibility index (Phi) is 5.61. The Morgan fingerprint density at radius 2 is 1.72 bits per heavy atom. The lowest BCUT2D eigenvalue weighted by Crippen LogP contribution is -2.41. The first-order chi connectivity index (χ1) is 11.8. The number of benzene rings is 1. The van der Waals surface area contributed by atoms with Crippen LogP contribution in [0.5, 0.6) is 5.75 Å². The van der Waals surface area contributed by atoms with Gasteiger partial charge in [-0.3, -0.25) is 0 Å². The molecule has 1 N–H and O–H groups in total. The van der Waals surface area contributed by atoms with Gasteiger partial charge in [-0.2, -0.15) is 0 Å². The van der Waals surface area contributed by atoms with Crippen molar-refractivity contribution in [3.8, 4) is 5.75 Å². The summed E-state index contributed by atoms with van der Waals surface area (Å²) in [5.74, 6) is 0.886. The second kappa shape index (κ2) is 7.41. The fourth-order valence-electron chi connectivity index (χ4n) is 3.35. The predicted octanol–water partition coefficient (Wildman–Crippen LogP) is 4.39. The summed E-state index contributed by atoms with van der Waals surface area (Å²) in [5, 5.41) is 0. The molecule has 1 saturated carbocycles. The Bertz CT molecular complexity index is 586. The molecule has 0 aromatic heterocycles. The summed E-state index contributed by atoms with van der Waals surface area (Å²) in [5.41, 5.74) is 1.29. The monoisotopic (exact) mass is 363 g/mol. The van der Waals surface area contributed by atoms with Gasteiger partial charge in [0.25, 0.3) is 0 Å². The molecule has 1 aliphatic heterocycles. The van der Waals surface area contributed by atoms with Gasteiger partial charge in [-0.15, -0.1) is 0 Å². The molecule has 1 aromatic rings. The second-order valence-corrected chi connectivity index (χ2v) is 8.64. The lowest BCUT2D eigenvalue weighted by molar-refractivity contribution is 0.00578. The van der Waals surface area contributed by atoms with Crippen molar-refractivity contribution in [3.63, 3.8) is 0 Å². The highest BCUT2D eigenvalue weighted by Crippen LogP contribution is 2.37. The quantitative estimate of drug-likeness (QED) is 0.621. The zero-order valence-corrected chi connectivity index (χ0v) is 16.9. The molecule has 1 aliphatic carbocycles. The van der Waals surface area contributed by atoms with Gasteiger partial charge in [0.1, 0.15) is 5.75 Å². The topological polar surface area (TPSA) is 39.7 Å². The van der Waals surface area contributed by atoms with Crippen molar-refractivity contribution in [2.75, 3.05) is 11.0 Å². The second-order valence-electron chi connectivity index (χ2n) is 8.02. The van der Waals surface area contributed by atoms with Crippen LogP contribution in [0.15, 0.2) is 18.2 Å². The van der Waals surface area contributed by atoms with E-state index in [0.29, 0.717) is 6.10 Å². The van der Waals surface area contributed by atoms with E-state index in [1.807, 2.05) is 12.3 Å². The van der Waals surface area contributed by atoms with Gasteiger partial charge in [0.05, 0.1) is 17.3 Å². The van der Waals surface area contributed by atoms with Crippen molar-refractivity contribution in [1.29, 1.82) is 0 Å². The van der Waals surface area contributed by atoms with E-state index >= 15 is 0 Å². The predicted molar refractivity (Wildman–Crippen MR) is 107 cm³/mol. The third kappa shape index (κ3) is 4.12. The molecule has 2 aliphatic rings. The molecule has 0 spiro atoms. The highest BCUT2D eigenvalue weighted by atomic mass is 32.2. The van der Waals surface area contributed by atoms with Crippen LogP contribution >= 0.6 is 11.9 Å². The van der Waals surface area contributed by atoms with Crippen LogP contribution < -0.4 is 14.9 Å². The van der Waals surface area contributed by atoms with Crippen LogP contribution in [-0.4, -0.2) is 30.7 Å². The first kappa shape index (κ1) is 18.9. The van der Waals surface area contributed by atoms with Crippen LogP contribution in [0.25, 0.3) is 0 Å². The molecule has 138 valence electrons. The summed E-state index contributed by atoms with van der Waals surface area (Å²) in [6.07, 6.45) is 8.41. The minimum Gasteiger partial charge on any atom is -0.491 e. The van der Waals surface area contributed by atoms with E-state index < -0.39 is 7.12 Å². The molecule has 6 heteroatoms. The Balaban J connectivity index is 1.87. The molecular formula is C19H30BNO3S. The normalized spacial score (nSPS) is 22.8. The van der Waals surface area contributed by atoms with Crippen LogP contribution in [0.3, 0.4) is 0 Å². The number of anilines is 1. The third-order valence-corrected chi connectivity index (χ3v) is 6.02. The highest BCUT2D eigenvalue weighted by molar-refractivity contribution is 7.99. The Labute approximate surface area is 156 Å². The SMILES string of the molecule is CSNc1ccc(OC2CCCCC2)c(B2OC(C)(C)C(C)(C)O2)c1. The minimum absolute atomic E-state index is 0.300. The molecule has 0 unspecified atom stereocenters. The molecule has 0 atom stereocenters. The van der Waals surface area contributed by atoms with Crippen molar-refractivity contribution < 1.29 is 14.0 Å². The lowest BCUT2D eigenvalue weighted by Gasteiger charge is -2.32. The molecule has 1 heterocycles. The smallest absolute Gasteiger partial charge is 0.491 e. The van der Waals surface area contributed by atoms with Gasteiger partial charge in [-0.25, -0.2) is 0 Å². The first-order valence-corrected chi connectivity index (χ1v) is 10.5. The van der Waals surface area contributed by atoms with Crippen molar-refractivity contribution in [2.45, 2.75) is 77.1 Å².